The van der Waals surface area contributed by atoms with Crippen molar-refractivity contribution in [1.82, 2.24) is 0 Å². The lowest BCUT2D eigenvalue weighted by Gasteiger charge is -2.41. The van der Waals surface area contributed by atoms with Crippen LogP contribution in [0.4, 0.5) is 0 Å². The zero-order valence-electron chi connectivity index (χ0n) is 22.5. The summed E-state index contributed by atoms with van der Waals surface area (Å²) in [5.41, 5.74) is 1.13. The standard InChI is InChI=1S/C28H48O4Si/c1-11-24(12-2)27(31-20-23-13-15-25(30-8)16-14-23)22(4)19-21(3)26(17-18-29)32-33(9,10)28(5,6)7/h11,13-16,18,21-22,24,26-27H,1,12,17,19-20H2,2-10H3/t21-,22-,24+,26+,27-/m1/s1. The molecule has 188 valence electrons. The molecular weight excluding hydrogens is 428 g/mol. The first kappa shape index (κ1) is 29.6. The Bertz CT molecular complexity index is 708. The molecule has 1 aromatic carbocycles. The van der Waals surface area contributed by atoms with E-state index in [9.17, 15) is 4.79 Å². The van der Waals surface area contributed by atoms with Crippen LogP contribution in [-0.2, 0) is 20.6 Å². The van der Waals surface area contributed by atoms with Crippen LogP contribution < -0.4 is 4.74 Å². The third kappa shape index (κ3) is 9.03. The molecule has 4 nitrogen and oxygen atoms in total. The number of hydrogen-bond donors (Lipinski definition) is 0. The first-order valence-electron chi connectivity index (χ1n) is 12.4. The van der Waals surface area contributed by atoms with E-state index in [-0.39, 0.29) is 29.1 Å². The van der Waals surface area contributed by atoms with Gasteiger partial charge in [0.2, 0.25) is 0 Å². The summed E-state index contributed by atoms with van der Waals surface area (Å²) in [6.45, 7) is 22.5. The minimum Gasteiger partial charge on any atom is -0.497 e. The average Bonchev–Trinajstić information content (AvgIpc) is 2.75. The minimum atomic E-state index is -1.97. The van der Waals surface area contributed by atoms with Gasteiger partial charge in [-0.25, -0.2) is 0 Å². The van der Waals surface area contributed by atoms with Crippen molar-refractivity contribution in [3.05, 3.63) is 42.5 Å². The Labute approximate surface area is 204 Å². The molecule has 0 aliphatic heterocycles. The van der Waals surface area contributed by atoms with Crippen LogP contribution in [0.5, 0.6) is 5.75 Å². The Morgan fingerprint density at radius 2 is 1.70 bits per heavy atom. The Morgan fingerprint density at radius 1 is 1.09 bits per heavy atom. The van der Waals surface area contributed by atoms with Crippen LogP contribution in [0.25, 0.3) is 0 Å². The van der Waals surface area contributed by atoms with Crippen molar-refractivity contribution >= 4 is 14.6 Å². The SMILES string of the molecule is C=C[C@@H](CC)[C@H](OCc1ccc(OC)cc1)[C@H](C)C[C@@H](C)[C@H](CC=O)O[Si](C)(C)C(C)(C)C. The van der Waals surface area contributed by atoms with E-state index < -0.39 is 8.32 Å². The topological polar surface area (TPSA) is 44.8 Å². The Kier molecular flexibility index (Phi) is 12.1. The molecule has 33 heavy (non-hydrogen) atoms. The highest BCUT2D eigenvalue weighted by Crippen LogP contribution is 2.39. The Hall–Kier alpha value is -1.43. The van der Waals surface area contributed by atoms with Gasteiger partial charge in [-0.3, -0.25) is 0 Å². The van der Waals surface area contributed by atoms with E-state index in [2.05, 4.69) is 61.2 Å². The van der Waals surface area contributed by atoms with Crippen LogP contribution in [0, 0.1) is 17.8 Å². The number of carbonyl (C=O) groups is 1. The normalized spacial score (nSPS) is 17.0. The van der Waals surface area contributed by atoms with Gasteiger partial charge in [0.1, 0.15) is 12.0 Å². The molecule has 5 heteroatoms. The van der Waals surface area contributed by atoms with Gasteiger partial charge in [0.25, 0.3) is 0 Å². The quantitative estimate of drug-likeness (QED) is 0.150. The highest BCUT2D eigenvalue weighted by Gasteiger charge is 2.40. The van der Waals surface area contributed by atoms with Gasteiger partial charge in [0.15, 0.2) is 8.32 Å². The zero-order chi connectivity index (χ0) is 25.2. The van der Waals surface area contributed by atoms with Gasteiger partial charge in [0, 0.05) is 12.3 Å². The maximum atomic E-state index is 11.5. The van der Waals surface area contributed by atoms with Gasteiger partial charge in [-0.1, -0.05) is 59.8 Å². The third-order valence-electron chi connectivity index (χ3n) is 7.32. The molecule has 0 spiro atoms. The van der Waals surface area contributed by atoms with E-state index >= 15 is 0 Å². The van der Waals surface area contributed by atoms with Crippen molar-refractivity contribution in [1.29, 1.82) is 0 Å². The molecule has 1 aromatic rings. The highest BCUT2D eigenvalue weighted by molar-refractivity contribution is 6.74. The minimum absolute atomic E-state index is 0.0572. The van der Waals surface area contributed by atoms with Crippen LogP contribution in [0.3, 0.4) is 0 Å². The molecule has 0 fully saturated rings. The lowest BCUT2D eigenvalue weighted by atomic mass is 9.82. The maximum absolute atomic E-state index is 11.5. The number of rotatable bonds is 15. The largest absolute Gasteiger partial charge is 0.497 e. The summed E-state index contributed by atoms with van der Waals surface area (Å²) >= 11 is 0. The van der Waals surface area contributed by atoms with Gasteiger partial charge in [-0.15, -0.1) is 6.58 Å². The molecular formula is C28H48O4Si. The molecule has 0 saturated heterocycles. The summed E-state index contributed by atoms with van der Waals surface area (Å²) in [4.78, 5) is 11.5. The molecule has 0 heterocycles. The van der Waals surface area contributed by atoms with E-state index in [1.807, 2.05) is 30.3 Å². The van der Waals surface area contributed by atoms with Gasteiger partial charge >= 0.3 is 0 Å². The van der Waals surface area contributed by atoms with Crippen LogP contribution in [0.1, 0.15) is 66.4 Å². The summed E-state index contributed by atoms with van der Waals surface area (Å²) in [7, 11) is -0.292. The summed E-state index contributed by atoms with van der Waals surface area (Å²) in [6, 6.07) is 8.02. The maximum Gasteiger partial charge on any atom is 0.192 e. The molecule has 0 aromatic heterocycles. The smallest absolute Gasteiger partial charge is 0.192 e. The van der Waals surface area contributed by atoms with E-state index in [0.717, 1.165) is 30.4 Å². The van der Waals surface area contributed by atoms with E-state index in [4.69, 9.17) is 13.9 Å². The zero-order valence-corrected chi connectivity index (χ0v) is 23.5. The number of carbonyl (C=O) groups excluding carboxylic acids is 1. The molecule has 1 rings (SSSR count). The molecule has 5 atom stereocenters. The van der Waals surface area contributed by atoms with Gasteiger partial charge in [0.05, 0.1) is 25.9 Å². The summed E-state index contributed by atoms with van der Waals surface area (Å²) in [5, 5.41) is 0.111. The lowest BCUT2D eigenvalue weighted by molar-refractivity contribution is -0.110. The molecule has 0 radical (unpaired) electrons. The monoisotopic (exact) mass is 476 g/mol. The molecule has 0 saturated carbocycles. The molecule has 0 N–H and O–H groups in total. The van der Waals surface area contributed by atoms with E-state index in [0.29, 0.717) is 18.9 Å². The van der Waals surface area contributed by atoms with Gasteiger partial charge in [-0.2, -0.15) is 0 Å². The second-order valence-electron chi connectivity index (χ2n) is 10.9. The molecule has 0 unspecified atom stereocenters. The fourth-order valence-corrected chi connectivity index (χ4v) is 5.52. The van der Waals surface area contributed by atoms with E-state index in [1.165, 1.54) is 0 Å². The number of aldehydes is 1. The summed E-state index contributed by atoms with van der Waals surface area (Å²) in [5.74, 6) is 1.68. The number of ether oxygens (including phenoxy) is 2. The van der Waals surface area contributed by atoms with Crippen molar-refractivity contribution < 1.29 is 18.7 Å². The Balaban J connectivity index is 2.94. The predicted molar refractivity (Wildman–Crippen MR) is 141 cm³/mol. The first-order chi connectivity index (χ1) is 15.4. The van der Waals surface area contributed by atoms with Gasteiger partial charge in [-0.05, 0) is 60.5 Å². The van der Waals surface area contributed by atoms with Crippen molar-refractivity contribution in [2.24, 2.45) is 17.8 Å². The van der Waals surface area contributed by atoms with Gasteiger partial charge < -0.3 is 18.7 Å². The molecule has 0 bridgehead atoms. The van der Waals surface area contributed by atoms with Crippen molar-refractivity contribution in [2.45, 2.75) is 97.8 Å². The van der Waals surface area contributed by atoms with Crippen molar-refractivity contribution in [3.63, 3.8) is 0 Å². The lowest BCUT2D eigenvalue weighted by Crippen LogP contribution is -2.46. The summed E-state index contributed by atoms with van der Waals surface area (Å²) < 4.78 is 18.4. The Morgan fingerprint density at radius 3 is 2.15 bits per heavy atom. The summed E-state index contributed by atoms with van der Waals surface area (Å²) in [6.07, 6.45) is 5.39. The highest BCUT2D eigenvalue weighted by atomic mass is 28.4. The number of methoxy groups -OCH3 is 1. The molecule has 0 aliphatic rings. The number of hydrogen-bond acceptors (Lipinski definition) is 4. The van der Waals surface area contributed by atoms with Crippen LogP contribution >= 0.6 is 0 Å². The fourth-order valence-electron chi connectivity index (χ4n) is 4.08. The molecule has 0 aliphatic carbocycles. The second kappa shape index (κ2) is 13.5. The van der Waals surface area contributed by atoms with E-state index in [1.54, 1.807) is 7.11 Å². The molecule has 0 amide bonds. The first-order valence-corrected chi connectivity index (χ1v) is 15.3. The van der Waals surface area contributed by atoms with Crippen molar-refractivity contribution in [2.75, 3.05) is 7.11 Å². The number of benzene rings is 1. The average molecular weight is 477 g/mol. The third-order valence-corrected chi connectivity index (χ3v) is 11.8. The van der Waals surface area contributed by atoms with Crippen molar-refractivity contribution in [3.8, 4) is 5.75 Å². The fraction of sp³-hybridized carbons (Fsp3) is 0.679. The van der Waals surface area contributed by atoms with Crippen LogP contribution in [0.15, 0.2) is 36.9 Å². The van der Waals surface area contributed by atoms with Crippen LogP contribution in [0.2, 0.25) is 18.1 Å². The van der Waals surface area contributed by atoms with Crippen LogP contribution in [-0.4, -0.2) is 33.9 Å². The second-order valence-corrected chi connectivity index (χ2v) is 15.7. The predicted octanol–water partition coefficient (Wildman–Crippen LogP) is 7.43.